The quantitative estimate of drug-likeness (QED) is 0.0261. The molecular weight excluding hydrogens is 913 g/mol. The summed E-state index contributed by atoms with van der Waals surface area (Å²) in [6.07, 6.45) is 78.6. The van der Waals surface area contributed by atoms with Gasteiger partial charge in [-0.25, -0.2) is 0 Å². The molecule has 1 atom stereocenters. The third kappa shape index (κ3) is 60.2. The first-order chi connectivity index (χ1) is 36.5. The molecule has 0 aliphatic heterocycles. The summed E-state index contributed by atoms with van der Waals surface area (Å²) >= 11 is 0. The van der Waals surface area contributed by atoms with E-state index < -0.39 is 6.10 Å². The lowest BCUT2D eigenvalue weighted by Crippen LogP contribution is -2.30. The van der Waals surface area contributed by atoms with Crippen molar-refractivity contribution in [2.45, 2.75) is 354 Å². The zero-order chi connectivity index (χ0) is 53.6. The van der Waals surface area contributed by atoms with Gasteiger partial charge in [0.15, 0.2) is 6.10 Å². The lowest BCUT2D eigenvalue weighted by atomic mass is 10.0. The van der Waals surface area contributed by atoms with Crippen molar-refractivity contribution in [2.24, 2.45) is 0 Å². The molecule has 0 aromatic heterocycles. The lowest BCUT2D eigenvalue weighted by molar-refractivity contribution is -0.167. The molecule has 0 N–H and O–H groups in total. The second-order valence-corrected chi connectivity index (χ2v) is 22.0. The molecule has 432 valence electrons. The second kappa shape index (κ2) is 62.9. The van der Waals surface area contributed by atoms with Crippen LogP contribution in [0.5, 0.6) is 0 Å². The van der Waals surface area contributed by atoms with Gasteiger partial charge in [-0.1, -0.05) is 294 Å². The van der Waals surface area contributed by atoms with Crippen LogP contribution in [0, 0.1) is 0 Å². The van der Waals surface area contributed by atoms with E-state index in [0.717, 1.165) is 70.6 Å². The number of allylic oxidation sites excluding steroid dienone is 8. The number of esters is 3. The highest BCUT2D eigenvalue weighted by molar-refractivity contribution is 5.71. The van der Waals surface area contributed by atoms with Gasteiger partial charge in [0.05, 0.1) is 0 Å². The van der Waals surface area contributed by atoms with Gasteiger partial charge in [-0.2, -0.15) is 0 Å². The van der Waals surface area contributed by atoms with E-state index in [-0.39, 0.29) is 31.1 Å². The molecular formula is C68H124O6. The highest BCUT2D eigenvalue weighted by Gasteiger charge is 2.19. The van der Waals surface area contributed by atoms with Crippen LogP contribution < -0.4 is 0 Å². The molecule has 74 heavy (non-hydrogen) atoms. The average Bonchev–Trinajstić information content (AvgIpc) is 3.40. The molecule has 0 heterocycles. The van der Waals surface area contributed by atoms with Gasteiger partial charge >= 0.3 is 17.9 Å². The number of unbranched alkanes of at least 4 members (excludes halogenated alkanes) is 41. The zero-order valence-electron chi connectivity index (χ0n) is 49.6. The van der Waals surface area contributed by atoms with Crippen LogP contribution in [0.1, 0.15) is 348 Å². The van der Waals surface area contributed by atoms with Crippen molar-refractivity contribution in [3.05, 3.63) is 48.6 Å². The van der Waals surface area contributed by atoms with E-state index in [0.29, 0.717) is 19.3 Å². The predicted octanol–water partition coefficient (Wildman–Crippen LogP) is 22.2. The number of rotatable bonds is 60. The van der Waals surface area contributed by atoms with E-state index in [9.17, 15) is 14.4 Å². The van der Waals surface area contributed by atoms with Gasteiger partial charge in [0, 0.05) is 19.3 Å². The number of carbonyl (C=O) groups excluding carboxylic acids is 3. The molecule has 0 fully saturated rings. The molecule has 0 bridgehead atoms. The average molecular weight is 1040 g/mol. The normalized spacial score (nSPS) is 12.3. The van der Waals surface area contributed by atoms with Gasteiger partial charge in [0.2, 0.25) is 0 Å². The Hall–Kier alpha value is -2.63. The molecule has 0 aromatic rings. The van der Waals surface area contributed by atoms with E-state index >= 15 is 0 Å². The highest BCUT2D eigenvalue weighted by atomic mass is 16.6. The maximum atomic E-state index is 12.9. The third-order valence-corrected chi connectivity index (χ3v) is 14.6. The molecule has 1 unspecified atom stereocenters. The van der Waals surface area contributed by atoms with E-state index in [1.54, 1.807) is 0 Å². The number of ether oxygens (including phenoxy) is 3. The molecule has 0 saturated carbocycles. The summed E-state index contributed by atoms with van der Waals surface area (Å²) in [5, 5.41) is 0. The Morgan fingerprint density at radius 2 is 0.486 bits per heavy atom. The topological polar surface area (TPSA) is 78.9 Å². The maximum absolute atomic E-state index is 12.9. The first-order valence-corrected chi connectivity index (χ1v) is 32.6. The molecule has 0 rings (SSSR count). The monoisotopic (exact) mass is 1040 g/mol. The summed E-state index contributed by atoms with van der Waals surface area (Å²) in [5.74, 6) is -0.859. The lowest BCUT2D eigenvalue weighted by Gasteiger charge is -2.18. The molecule has 0 saturated heterocycles. The molecule has 6 heteroatoms. The van der Waals surface area contributed by atoms with Crippen molar-refractivity contribution in [1.82, 2.24) is 0 Å². The minimum Gasteiger partial charge on any atom is -0.462 e. The summed E-state index contributed by atoms with van der Waals surface area (Å²) in [6.45, 7) is 6.64. The van der Waals surface area contributed by atoms with Crippen molar-refractivity contribution in [2.75, 3.05) is 13.2 Å². The van der Waals surface area contributed by atoms with Gasteiger partial charge in [0.25, 0.3) is 0 Å². The molecule has 0 aliphatic carbocycles. The molecule has 0 amide bonds. The summed E-state index contributed by atoms with van der Waals surface area (Å²) in [7, 11) is 0. The summed E-state index contributed by atoms with van der Waals surface area (Å²) in [4.78, 5) is 38.1. The predicted molar refractivity (Wildman–Crippen MR) is 321 cm³/mol. The largest absolute Gasteiger partial charge is 0.462 e. The van der Waals surface area contributed by atoms with Crippen LogP contribution in [-0.2, 0) is 28.6 Å². The van der Waals surface area contributed by atoms with Crippen molar-refractivity contribution in [3.63, 3.8) is 0 Å². The number of carbonyl (C=O) groups is 3. The van der Waals surface area contributed by atoms with E-state index in [1.165, 1.54) is 238 Å². The number of hydrogen-bond donors (Lipinski definition) is 0. The Bertz CT molecular complexity index is 1280. The summed E-state index contributed by atoms with van der Waals surface area (Å²) < 4.78 is 16.9. The van der Waals surface area contributed by atoms with Crippen LogP contribution in [0.15, 0.2) is 48.6 Å². The minimum atomic E-state index is -0.771. The van der Waals surface area contributed by atoms with Crippen molar-refractivity contribution >= 4 is 17.9 Å². The third-order valence-electron chi connectivity index (χ3n) is 14.6. The summed E-state index contributed by atoms with van der Waals surface area (Å²) in [5.41, 5.74) is 0. The Kier molecular flexibility index (Phi) is 60.7. The molecule has 0 aliphatic rings. The van der Waals surface area contributed by atoms with E-state index in [4.69, 9.17) is 14.2 Å². The van der Waals surface area contributed by atoms with Gasteiger partial charge in [-0.15, -0.1) is 0 Å². The van der Waals surface area contributed by atoms with Crippen molar-refractivity contribution in [1.29, 1.82) is 0 Å². The van der Waals surface area contributed by atoms with Crippen molar-refractivity contribution in [3.8, 4) is 0 Å². The Labute approximate surface area is 460 Å². The fourth-order valence-corrected chi connectivity index (χ4v) is 9.62. The van der Waals surface area contributed by atoms with Crippen molar-refractivity contribution < 1.29 is 28.6 Å². The van der Waals surface area contributed by atoms with Crippen LogP contribution in [0.3, 0.4) is 0 Å². The number of hydrogen-bond acceptors (Lipinski definition) is 6. The summed E-state index contributed by atoms with van der Waals surface area (Å²) in [6, 6.07) is 0. The molecule has 0 radical (unpaired) electrons. The fourth-order valence-electron chi connectivity index (χ4n) is 9.62. The Morgan fingerprint density at radius 3 is 0.770 bits per heavy atom. The SMILES string of the molecule is CCCCCCC/C=C\C/C=C\C/C=C\CCCCCCCCCCCCCCCCC(=O)OCC(COC(=O)CCCCCCCCCC)OC(=O)CCCCCCCCCCC/C=C\CCCCCCCC. The first-order valence-electron chi connectivity index (χ1n) is 32.6. The fraction of sp³-hybridized carbons (Fsp3) is 0.838. The van der Waals surface area contributed by atoms with Crippen LogP contribution >= 0.6 is 0 Å². The first kappa shape index (κ1) is 71.4. The maximum Gasteiger partial charge on any atom is 0.306 e. The van der Waals surface area contributed by atoms with Gasteiger partial charge < -0.3 is 14.2 Å². The molecule has 0 spiro atoms. The highest BCUT2D eigenvalue weighted by Crippen LogP contribution is 2.17. The molecule has 6 nitrogen and oxygen atoms in total. The Balaban J connectivity index is 4.10. The van der Waals surface area contributed by atoms with Gasteiger partial charge in [-0.05, 0) is 83.5 Å². The standard InChI is InChI=1S/C68H124O6/c1-4-7-10-13-16-19-21-23-25-27-29-30-31-32-33-34-35-36-37-38-40-41-43-45-47-49-52-55-58-61-67(70)73-64-65(63-72-66(69)60-57-54-51-18-15-12-9-6-3)74-68(71)62-59-56-53-50-48-46-44-42-39-28-26-24-22-20-17-14-11-8-5-2/h21,23-24,26-27,29,31-32,65H,4-20,22,25,28,30,33-64H2,1-3H3/b23-21-,26-24-,29-27-,32-31-. The van der Waals surface area contributed by atoms with Crippen LogP contribution in [-0.4, -0.2) is 37.2 Å². The van der Waals surface area contributed by atoms with Crippen LogP contribution in [0.4, 0.5) is 0 Å². The van der Waals surface area contributed by atoms with Crippen LogP contribution in [0.2, 0.25) is 0 Å². The van der Waals surface area contributed by atoms with Gasteiger partial charge in [0.1, 0.15) is 13.2 Å². The smallest absolute Gasteiger partial charge is 0.306 e. The second-order valence-electron chi connectivity index (χ2n) is 22.0. The minimum absolute atomic E-state index is 0.0703. The van der Waals surface area contributed by atoms with Crippen LogP contribution in [0.25, 0.3) is 0 Å². The van der Waals surface area contributed by atoms with E-state index in [2.05, 4.69) is 69.4 Å². The zero-order valence-corrected chi connectivity index (χ0v) is 49.6. The molecule has 0 aromatic carbocycles. The Morgan fingerprint density at radius 1 is 0.270 bits per heavy atom. The van der Waals surface area contributed by atoms with Gasteiger partial charge in [-0.3, -0.25) is 14.4 Å². The van der Waals surface area contributed by atoms with E-state index in [1.807, 2.05) is 0 Å².